The Labute approximate surface area is 66.3 Å². The largest absolute Gasteiger partial charge is 0.388 e. The molecule has 1 rings (SSSR count). The molecule has 5 heteroatoms. The average molecular weight is 204 g/mol. The van der Waals surface area contributed by atoms with Gasteiger partial charge in [0.1, 0.15) is 6.61 Å². The van der Waals surface area contributed by atoms with Gasteiger partial charge in [0, 0.05) is 6.20 Å². The third-order valence-corrected chi connectivity index (χ3v) is 1.33. The molecule has 0 bridgehead atoms. The van der Waals surface area contributed by atoms with Gasteiger partial charge in [-0.05, 0) is 15.9 Å². The molecular weight excluding hydrogens is 198 g/mol. The van der Waals surface area contributed by atoms with Crippen molar-refractivity contribution in [3.63, 3.8) is 0 Å². The molecule has 0 fully saturated rings. The van der Waals surface area contributed by atoms with Crippen LogP contribution in [0.2, 0.25) is 0 Å². The highest BCUT2D eigenvalue weighted by Gasteiger charge is 2.02. The van der Waals surface area contributed by atoms with E-state index in [1.54, 1.807) is 0 Å². The van der Waals surface area contributed by atoms with Crippen LogP contribution < -0.4 is 0 Å². The Kier molecular flexibility index (Phi) is 2.18. The van der Waals surface area contributed by atoms with Gasteiger partial charge in [0.05, 0.1) is 0 Å². The highest BCUT2D eigenvalue weighted by molar-refractivity contribution is 9.10. The summed E-state index contributed by atoms with van der Waals surface area (Å²) in [6, 6.07) is 0. The first-order chi connectivity index (χ1) is 4.77. The maximum atomic E-state index is 8.67. The van der Waals surface area contributed by atoms with Gasteiger partial charge < -0.3 is 5.11 Å². The average Bonchev–Trinajstić information content (AvgIpc) is 2.30. The number of hydrogen-bond acceptors (Lipinski definition) is 3. The molecule has 0 radical (unpaired) electrons. The summed E-state index contributed by atoms with van der Waals surface area (Å²) < 4.78 is 1.86. The monoisotopic (exact) mass is 203 g/mol. The van der Waals surface area contributed by atoms with Gasteiger partial charge in [-0.3, -0.25) is 0 Å². The fourth-order valence-electron chi connectivity index (χ4n) is 0.581. The summed E-state index contributed by atoms with van der Waals surface area (Å²) in [7, 11) is 0. The second kappa shape index (κ2) is 2.94. The second-order valence-electron chi connectivity index (χ2n) is 1.58. The minimum Gasteiger partial charge on any atom is -0.388 e. The summed E-state index contributed by atoms with van der Waals surface area (Å²) in [6.07, 6.45) is 1.48. The Morgan fingerprint density at radius 3 is 2.90 bits per heavy atom. The smallest absolute Gasteiger partial charge is 0.218 e. The number of nitrogens with zero attached hydrogens (tertiary/aromatic N) is 3. The molecule has 0 aromatic carbocycles. The highest BCUT2D eigenvalue weighted by atomic mass is 79.9. The van der Waals surface area contributed by atoms with E-state index in [4.69, 9.17) is 5.11 Å². The summed E-state index contributed by atoms with van der Waals surface area (Å²) in [5.41, 5.74) is 0. The zero-order valence-corrected chi connectivity index (χ0v) is 6.74. The van der Waals surface area contributed by atoms with E-state index in [0.717, 1.165) is 0 Å². The predicted octanol–water partition coefficient (Wildman–Crippen LogP) is 0.633. The van der Waals surface area contributed by atoms with E-state index >= 15 is 0 Å². The fourth-order valence-corrected chi connectivity index (χ4v) is 0.956. The van der Waals surface area contributed by atoms with Crippen molar-refractivity contribution in [3.05, 3.63) is 17.1 Å². The summed E-state index contributed by atoms with van der Waals surface area (Å²) in [6.45, 7) is 3.35. The molecule has 1 N–H and O–H groups in total. The topological polar surface area (TPSA) is 50.9 Å². The van der Waals surface area contributed by atoms with Gasteiger partial charge in [0.15, 0.2) is 5.82 Å². The highest BCUT2D eigenvalue weighted by Crippen LogP contribution is 2.04. The standard InChI is InChI=1S/C5H6BrN3O/c1-2-9-4(3-10)7-5(6)8-9/h2,10H,1,3H2. The van der Waals surface area contributed by atoms with Crippen LogP contribution in [0.15, 0.2) is 11.3 Å². The van der Waals surface area contributed by atoms with Crippen molar-refractivity contribution < 1.29 is 5.11 Å². The SMILES string of the molecule is C=Cn1nc(Br)nc1CO. The third kappa shape index (κ3) is 1.25. The minimum absolute atomic E-state index is 0.134. The number of halogens is 1. The quantitative estimate of drug-likeness (QED) is 0.768. The van der Waals surface area contributed by atoms with E-state index in [2.05, 4.69) is 32.6 Å². The van der Waals surface area contributed by atoms with Crippen LogP contribution >= 0.6 is 15.9 Å². The van der Waals surface area contributed by atoms with Crippen LogP contribution in [0, 0.1) is 0 Å². The van der Waals surface area contributed by atoms with Crippen LogP contribution in [0.4, 0.5) is 0 Å². The fraction of sp³-hybridized carbons (Fsp3) is 0.200. The van der Waals surface area contributed by atoms with Crippen molar-refractivity contribution in [1.29, 1.82) is 0 Å². The van der Waals surface area contributed by atoms with Gasteiger partial charge in [0.2, 0.25) is 4.73 Å². The lowest BCUT2D eigenvalue weighted by atomic mass is 10.6. The molecule has 4 nitrogen and oxygen atoms in total. The second-order valence-corrected chi connectivity index (χ2v) is 2.29. The maximum Gasteiger partial charge on any atom is 0.218 e. The normalized spacial score (nSPS) is 9.80. The predicted molar refractivity (Wildman–Crippen MR) is 40.0 cm³/mol. The molecule has 10 heavy (non-hydrogen) atoms. The van der Waals surface area contributed by atoms with Crippen molar-refractivity contribution in [1.82, 2.24) is 14.8 Å². The number of aromatic nitrogens is 3. The van der Waals surface area contributed by atoms with Crippen molar-refractivity contribution in [3.8, 4) is 0 Å². The Morgan fingerprint density at radius 2 is 2.50 bits per heavy atom. The van der Waals surface area contributed by atoms with Crippen molar-refractivity contribution in [2.45, 2.75) is 6.61 Å². The molecule has 54 valence electrons. The van der Waals surface area contributed by atoms with E-state index in [-0.39, 0.29) is 6.61 Å². The molecule has 0 aliphatic carbocycles. The van der Waals surface area contributed by atoms with Gasteiger partial charge >= 0.3 is 0 Å². The van der Waals surface area contributed by atoms with Gasteiger partial charge in [-0.15, -0.1) is 5.10 Å². The van der Waals surface area contributed by atoms with Crippen LogP contribution in [-0.2, 0) is 6.61 Å². The van der Waals surface area contributed by atoms with Crippen molar-refractivity contribution >= 4 is 22.1 Å². The molecule has 0 unspecified atom stereocenters. The lowest BCUT2D eigenvalue weighted by molar-refractivity contribution is 0.269. The summed E-state index contributed by atoms with van der Waals surface area (Å²) in [4.78, 5) is 3.85. The first-order valence-corrected chi connectivity index (χ1v) is 3.41. The van der Waals surface area contributed by atoms with E-state index in [1.807, 2.05) is 0 Å². The lowest BCUT2D eigenvalue weighted by Crippen LogP contribution is -1.96. The molecule has 0 saturated carbocycles. The van der Waals surface area contributed by atoms with Crippen LogP contribution in [0.1, 0.15) is 5.82 Å². The Morgan fingerprint density at radius 1 is 1.80 bits per heavy atom. The van der Waals surface area contributed by atoms with Gasteiger partial charge in [-0.1, -0.05) is 6.58 Å². The van der Waals surface area contributed by atoms with Crippen molar-refractivity contribution in [2.24, 2.45) is 0 Å². The molecule has 0 saturated heterocycles. The summed E-state index contributed by atoms with van der Waals surface area (Å²) in [5.74, 6) is 0.474. The molecule has 1 aromatic rings. The molecule has 0 spiro atoms. The molecule has 0 amide bonds. The Hall–Kier alpha value is -0.680. The van der Waals surface area contributed by atoms with Gasteiger partial charge in [-0.25, -0.2) is 9.67 Å². The van der Waals surface area contributed by atoms with Crippen LogP contribution in [-0.4, -0.2) is 19.9 Å². The molecule has 0 atom stereocenters. The zero-order valence-electron chi connectivity index (χ0n) is 5.16. The molecule has 0 aliphatic rings. The van der Waals surface area contributed by atoms with Gasteiger partial charge in [0.25, 0.3) is 0 Å². The first kappa shape index (κ1) is 7.43. The van der Waals surface area contributed by atoms with E-state index in [9.17, 15) is 0 Å². The summed E-state index contributed by atoms with van der Waals surface area (Å²) >= 11 is 3.06. The third-order valence-electron chi connectivity index (χ3n) is 0.990. The maximum absolute atomic E-state index is 8.67. The number of aliphatic hydroxyl groups is 1. The zero-order chi connectivity index (χ0) is 7.56. The van der Waals surface area contributed by atoms with Crippen LogP contribution in [0.3, 0.4) is 0 Å². The van der Waals surface area contributed by atoms with E-state index < -0.39 is 0 Å². The number of hydrogen-bond donors (Lipinski definition) is 1. The minimum atomic E-state index is -0.134. The first-order valence-electron chi connectivity index (χ1n) is 2.62. The number of rotatable bonds is 2. The summed E-state index contributed by atoms with van der Waals surface area (Å²) in [5, 5.41) is 12.5. The van der Waals surface area contributed by atoms with Crippen LogP contribution in [0.5, 0.6) is 0 Å². The van der Waals surface area contributed by atoms with E-state index in [1.165, 1.54) is 10.9 Å². The Balaban J connectivity index is 3.08. The van der Waals surface area contributed by atoms with Crippen LogP contribution in [0.25, 0.3) is 6.20 Å². The molecule has 0 aliphatic heterocycles. The molecule has 1 heterocycles. The van der Waals surface area contributed by atoms with Gasteiger partial charge in [-0.2, -0.15) is 0 Å². The van der Waals surface area contributed by atoms with Crippen molar-refractivity contribution in [2.75, 3.05) is 0 Å². The van der Waals surface area contributed by atoms with E-state index in [0.29, 0.717) is 10.6 Å². The lowest BCUT2D eigenvalue weighted by Gasteiger charge is -1.91. The molecule has 1 aromatic heterocycles. The number of aliphatic hydroxyl groups excluding tert-OH is 1. The molecular formula is C5H6BrN3O. The Bertz CT molecular complexity index is 245.